The summed E-state index contributed by atoms with van der Waals surface area (Å²) in [6, 6.07) is 9.60. The molecule has 3 rings (SSSR count). The lowest BCUT2D eigenvalue weighted by Crippen LogP contribution is -2.19. The zero-order valence-electron chi connectivity index (χ0n) is 9.27. The Kier molecular flexibility index (Phi) is 2.46. The van der Waals surface area contributed by atoms with Crippen LogP contribution >= 0.6 is 0 Å². The molecule has 0 amide bonds. The summed E-state index contributed by atoms with van der Waals surface area (Å²) in [5.41, 5.74) is 0.699. The maximum absolute atomic E-state index is 9.05. The van der Waals surface area contributed by atoms with E-state index in [-0.39, 0.29) is 11.9 Å². The Balaban J connectivity index is 2.03. The molecule has 1 aromatic heterocycles. The quantitative estimate of drug-likeness (QED) is 0.854. The van der Waals surface area contributed by atoms with Gasteiger partial charge in [-0.1, -0.05) is 12.1 Å². The highest BCUT2D eigenvalue weighted by molar-refractivity contribution is 5.86. The number of fused-ring (bicyclic) bond motifs is 1. The van der Waals surface area contributed by atoms with Gasteiger partial charge in [0.25, 0.3) is 0 Å². The normalized spacial score (nSPS) is 19.4. The second-order valence-electron chi connectivity index (χ2n) is 4.10. The van der Waals surface area contributed by atoms with E-state index in [1.165, 1.54) is 0 Å². The van der Waals surface area contributed by atoms with Crippen LogP contribution in [0.4, 0.5) is 0 Å². The number of ether oxygens (including phenoxy) is 1. The molecule has 1 aliphatic heterocycles. The fourth-order valence-electron chi connectivity index (χ4n) is 2.11. The third kappa shape index (κ3) is 1.75. The Bertz CT molecular complexity index is 577. The molecule has 0 saturated carbocycles. The second kappa shape index (κ2) is 4.11. The van der Waals surface area contributed by atoms with Gasteiger partial charge in [0.05, 0.1) is 5.39 Å². The first-order chi connectivity index (χ1) is 8.38. The highest BCUT2D eigenvalue weighted by Crippen LogP contribution is 2.33. The van der Waals surface area contributed by atoms with Gasteiger partial charge in [-0.05, 0) is 25.1 Å². The Labute approximate surface area is 98.8 Å². The number of rotatable bonds is 2. The van der Waals surface area contributed by atoms with E-state index < -0.39 is 0 Å². The van der Waals surface area contributed by atoms with E-state index in [9.17, 15) is 0 Å². The minimum Gasteiger partial charge on any atom is -0.484 e. The smallest absolute Gasteiger partial charge is 0.246 e. The van der Waals surface area contributed by atoms with Crippen molar-refractivity contribution in [3.05, 3.63) is 30.0 Å². The van der Waals surface area contributed by atoms with E-state index in [0.29, 0.717) is 11.3 Å². The van der Waals surface area contributed by atoms with Gasteiger partial charge in [0.15, 0.2) is 5.75 Å². The number of para-hydroxylation sites is 1. The van der Waals surface area contributed by atoms with Gasteiger partial charge in [-0.15, -0.1) is 0 Å². The number of furan rings is 1. The molecule has 1 aliphatic rings. The summed E-state index contributed by atoms with van der Waals surface area (Å²) in [5.74, 6) is 0.842. The minimum atomic E-state index is 0.128. The first kappa shape index (κ1) is 10.2. The van der Waals surface area contributed by atoms with Crippen LogP contribution in [0.2, 0.25) is 0 Å². The molecule has 1 aromatic carbocycles. The van der Waals surface area contributed by atoms with Crippen LogP contribution in [0.3, 0.4) is 0 Å². The topological polar surface area (TPSA) is 58.2 Å². The first-order valence-corrected chi connectivity index (χ1v) is 5.67. The standard InChI is InChI=1S/C13H12N2O2/c14-7-12-13(16-9-5-6-15-8-9)10-3-1-2-4-11(10)17-12/h1-4,9,15H,5-6,8H2/t9-/m1/s1. The van der Waals surface area contributed by atoms with Crippen LogP contribution in [0.25, 0.3) is 11.0 Å². The van der Waals surface area contributed by atoms with E-state index in [1.54, 1.807) is 0 Å². The highest BCUT2D eigenvalue weighted by atomic mass is 16.5. The Hall–Kier alpha value is -1.99. The lowest BCUT2D eigenvalue weighted by atomic mass is 10.2. The molecule has 0 radical (unpaired) electrons. The number of nitriles is 1. The monoisotopic (exact) mass is 228 g/mol. The van der Waals surface area contributed by atoms with Crippen LogP contribution in [0, 0.1) is 11.3 Å². The van der Waals surface area contributed by atoms with Crippen LogP contribution < -0.4 is 10.1 Å². The van der Waals surface area contributed by atoms with Crippen molar-refractivity contribution in [3.8, 4) is 11.8 Å². The van der Waals surface area contributed by atoms with Crippen molar-refractivity contribution >= 4 is 11.0 Å². The number of hydrogen-bond donors (Lipinski definition) is 1. The lowest BCUT2D eigenvalue weighted by Gasteiger charge is -2.10. The largest absolute Gasteiger partial charge is 0.484 e. The molecule has 1 saturated heterocycles. The van der Waals surface area contributed by atoms with Crippen LogP contribution in [0.1, 0.15) is 12.2 Å². The molecule has 0 bridgehead atoms. The molecular formula is C13H12N2O2. The van der Waals surface area contributed by atoms with Gasteiger partial charge in [0.1, 0.15) is 17.8 Å². The molecular weight excluding hydrogens is 216 g/mol. The molecule has 1 fully saturated rings. The number of benzene rings is 1. The fourth-order valence-corrected chi connectivity index (χ4v) is 2.11. The van der Waals surface area contributed by atoms with Crippen molar-refractivity contribution < 1.29 is 9.15 Å². The second-order valence-corrected chi connectivity index (χ2v) is 4.10. The fraction of sp³-hybridized carbons (Fsp3) is 0.308. The zero-order chi connectivity index (χ0) is 11.7. The van der Waals surface area contributed by atoms with Crippen LogP contribution in [0.15, 0.2) is 28.7 Å². The third-order valence-corrected chi connectivity index (χ3v) is 2.95. The molecule has 4 nitrogen and oxygen atoms in total. The van der Waals surface area contributed by atoms with Crippen molar-refractivity contribution in [1.29, 1.82) is 5.26 Å². The molecule has 0 aliphatic carbocycles. The van der Waals surface area contributed by atoms with Gasteiger partial charge in [-0.3, -0.25) is 0 Å². The molecule has 4 heteroatoms. The molecule has 17 heavy (non-hydrogen) atoms. The molecule has 0 unspecified atom stereocenters. The average molecular weight is 228 g/mol. The number of hydrogen-bond acceptors (Lipinski definition) is 4. The van der Waals surface area contributed by atoms with Gasteiger partial charge in [-0.25, -0.2) is 0 Å². The van der Waals surface area contributed by atoms with Crippen molar-refractivity contribution in [2.75, 3.05) is 13.1 Å². The summed E-state index contributed by atoms with van der Waals surface area (Å²) < 4.78 is 11.3. The number of nitrogens with one attached hydrogen (secondary N) is 1. The Morgan fingerprint density at radius 3 is 3.06 bits per heavy atom. The van der Waals surface area contributed by atoms with Crippen molar-refractivity contribution in [3.63, 3.8) is 0 Å². The maximum Gasteiger partial charge on any atom is 0.246 e. The summed E-state index contributed by atoms with van der Waals surface area (Å²) in [7, 11) is 0. The van der Waals surface area contributed by atoms with Crippen molar-refractivity contribution in [1.82, 2.24) is 5.32 Å². The molecule has 1 N–H and O–H groups in total. The average Bonchev–Trinajstić information content (AvgIpc) is 2.98. The van der Waals surface area contributed by atoms with E-state index in [2.05, 4.69) is 5.32 Å². The Morgan fingerprint density at radius 1 is 1.41 bits per heavy atom. The van der Waals surface area contributed by atoms with Gasteiger partial charge >= 0.3 is 0 Å². The van der Waals surface area contributed by atoms with E-state index in [1.807, 2.05) is 30.3 Å². The number of nitrogens with zero attached hydrogens (tertiary/aromatic N) is 1. The van der Waals surface area contributed by atoms with E-state index in [4.69, 9.17) is 14.4 Å². The zero-order valence-corrected chi connectivity index (χ0v) is 9.27. The van der Waals surface area contributed by atoms with Gasteiger partial charge < -0.3 is 14.5 Å². The van der Waals surface area contributed by atoms with Crippen molar-refractivity contribution in [2.45, 2.75) is 12.5 Å². The minimum absolute atomic E-state index is 0.128. The molecule has 1 atom stereocenters. The van der Waals surface area contributed by atoms with Gasteiger partial charge in [-0.2, -0.15) is 5.26 Å². The summed E-state index contributed by atoms with van der Waals surface area (Å²) in [4.78, 5) is 0. The Morgan fingerprint density at radius 2 is 2.29 bits per heavy atom. The van der Waals surface area contributed by atoms with E-state index >= 15 is 0 Å². The van der Waals surface area contributed by atoms with Crippen LogP contribution in [-0.4, -0.2) is 19.2 Å². The first-order valence-electron chi connectivity index (χ1n) is 5.67. The third-order valence-electron chi connectivity index (χ3n) is 2.95. The summed E-state index contributed by atoms with van der Waals surface area (Å²) in [5, 5.41) is 13.2. The molecule has 2 heterocycles. The highest BCUT2D eigenvalue weighted by Gasteiger charge is 2.21. The summed E-state index contributed by atoms with van der Waals surface area (Å²) in [6.45, 7) is 1.78. The molecule has 0 spiro atoms. The van der Waals surface area contributed by atoms with Crippen LogP contribution in [0.5, 0.6) is 5.75 Å². The maximum atomic E-state index is 9.05. The van der Waals surface area contributed by atoms with Crippen molar-refractivity contribution in [2.24, 2.45) is 0 Å². The SMILES string of the molecule is N#Cc1oc2ccccc2c1O[C@@H]1CCNC1. The predicted molar refractivity (Wildman–Crippen MR) is 62.8 cm³/mol. The predicted octanol–water partition coefficient (Wildman–Crippen LogP) is 2.05. The van der Waals surface area contributed by atoms with Gasteiger partial charge in [0, 0.05) is 6.54 Å². The van der Waals surface area contributed by atoms with Crippen LogP contribution in [-0.2, 0) is 0 Å². The summed E-state index contributed by atoms with van der Waals surface area (Å²) in [6.07, 6.45) is 1.09. The lowest BCUT2D eigenvalue weighted by molar-refractivity contribution is 0.222. The molecule has 86 valence electrons. The summed E-state index contributed by atoms with van der Waals surface area (Å²) >= 11 is 0. The van der Waals surface area contributed by atoms with Gasteiger partial charge in [0.2, 0.25) is 5.76 Å². The molecule has 2 aromatic rings. The van der Waals surface area contributed by atoms with E-state index in [0.717, 1.165) is 24.9 Å².